The molecular formula is C18H18N4OS. The van der Waals surface area contributed by atoms with Crippen LogP contribution in [0.3, 0.4) is 0 Å². The minimum Gasteiger partial charge on any atom is -0.281 e. The van der Waals surface area contributed by atoms with Crippen molar-refractivity contribution >= 4 is 33.3 Å². The van der Waals surface area contributed by atoms with Gasteiger partial charge < -0.3 is 0 Å². The third-order valence-electron chi connectivity index (χ3n) is 4.36. The first-order chi connectivity index (χ1) is 11.7. The Labute approximate surface area is 144 Å². The standard InChI is InChI=1S/C18H18N4OS/c1-11-6-8-12(9-7-11)17(23)22-21-16-15-13-4-2-3-5-14(13)24-18(15)20-10-19-16/h6-10H,2-5H2,1H3,(H,22,23)(H,19,20,21). The van der Waals surface area contributed by atoms with Crippen LogP contribution in [0.1, 0.15) is 39.2 Å². The second-order valence-electron chi connectivity index (χ2n) is 6.06. The molecular weight excluding hydrogens is 320 g/mol. The Morgan fingerprint density at radius 3 is 2.75 bits per heavy atom. The van der Waals surface area contributed by atoms with E-state index < -0.39 is 0 Å². The Morgan fingerprint density at radius 2 is 1.92 bits per heavy atom. The predicted octanol–water partition coefficient (Wildman–Crippen LogP) is 3.64. The highest BCUT2D eigenvalue weighted by Crippen LogP contribution is 2.37. The number of hydrogen-bond donors (Lipinski definition) is 2. The molecule has 2 aromatic heterocycles. The van der Waals surface area contributed by atoms with E-state index in [1.807, 2.05) is 31.2 Å². The van der Waals surface area contributed by atoms with Gasteiger partial charge in [-0.2, -0.15) is 0 Å². The lowest BCUT2D eigenvalue weighted by Crippen LogP contribution is -2.30. The zero-order valence-corrected chi connectivity index (χ0v) is 14.2. The van der Waals surface area contributed by atoms with Gasteiger partial charge in [0.1, 0.15) is 11.2 Å². The molecule has 2 N–H and O–H groups in total. The fourth-order valence-corrected chi connectivity index (χ4v) is 4.31. The Bertz CT molecular complexity index is 901. The molecule has 1 amide bonds. The SMILES string of the molecule is Cc1ccc(C(=O)NNc2ncnc3sc4c(c23)CCCC4)cc1. The molecule has 5 nitrogen and oxygen atoms in total. The number of nitrogens with one attached hydrogen (secondary N) is 2. The van der Waals surface area contributed by atoms with E-state index in [0.29, 0.717) is 11.4 Å². The van der Waals surface area contributed by atoms with Gasteiger partial charge in [-0.05, 0) is 50.3 Å². The number of carbonyl (C=O) groups excluding carboxylic acids is 1. The van der Waals surface area contributed by atoms with Gasteiger partial charge in [-0.3, -0.25) is 15.6 Å². The molecule has 1 aliphatic rings. The molecule has 0 radical (unpaired) electrons. The van der Waals surface area contributed by atoms with E-state index in [4.69, 9.17) is 0 Å². The molecule has 122 valence electrons. The highest BCUT2D eigenvalue weighted by atomic mass is 32.1. The van der Waals surface area contributed by atoms with Crippen molar-refractivity contribution in [1.82, 2.24) is 15.4 Å². The van der Waals surface area contributed by atoms with Gasteiger partial charge in [0.25, 0.3) is 5.91 Å². The summed E-state index contributed by atoms with van der Waals surface area (Å²) in [7, 11) is 0. The number of thiophene rings is 1. The molecule has 3 aromatic rings. The number of nitrogens with zero attached hydrogens (tertiary/aromatic N) is 2. The minimum absolute atomic E-state index is 0.175. The molecule has 0 saturated carbocycles. The summed E-state index contributed by atoms with van der Waals surface area (Å²) < 4.78 is 0. The number of carbonyl (C=O) groups is 1. The van der Waals surface area contributed by atoms with Crippen LogP contribution >= 0.6 is 11.3 Å². The van der Waals surface area contributed by atoms with Crippen LogP contribution in [0.5, 0.6) is 0 Å². The van der Waals surface area contributed by atoms with Crippen LogP contribution in [0.4, 0.5) is 5.82 Å². The van der Waals surface area contributed by atoms with Gasteiger partial charge in [0.15, 0.2) is 5.82 Å². The first-order valence-corrected chi connectivity index (χ1v) is 8.92. The fourth-order valence-electron chi connectivity index (χ4n) is 3.08. The Morgan fingerprint density at radius 1 is 1.12 bits per heavy atom. The normalized spacial score (nSPS) is 13.5. The minimum atomic E-state index is -0.175. The largest absolute Gasteiger partial charge is 0.281 e. The third-order valence-corrected chi connectivity index (χ3v) is 5.56. The number of aryl methyl sites for hydroxylation is 3. The van der Waals surface area contributed by atoms with Crippen LogP contribution in [0.2, 0.25) is 0 Å². The lowest BCUT2D eigenvalue weighted by Gasteiger charge is -2.13. The van der Waals surface area contributed by atoms with E-state index in [1.165, 1.54) is 23.3 Å². The van der Waals surface area contributed by atoms with E-state index in [1.54, 1.807) is 17.7 Å². The summed E-state index contributed by atoms with van der Waals surface area (Å²) in [5.41, 5.74) is 8.83. The van der Waals surface area contributed by atoms with Crippen LogP contribution < -0.4 is 10.9 Å². The number of fused-ring (bicyclic) bond motifs is 3. The van der Waals surface area contributed by atoms with E-state index in [2.05, 4.69) is 20.8 Å². The maximum absolute atomic E-state index is 12.3. The predicted molar refractivity (Wildman–Crippen MR) is 96.3 cm³/mol. The molecule has 2 heterocycles. The smallest absolute Gasteiger partial charge is 0.269 e. The maximum Gasteiger partial charge on any atom is 0.269 e. The zero-order valence-electron chi connectivity index (χ0n) is 13.4. The molecule has 0 atom stereocenters. The van der Waals surface area contributed by atoms with E-state index in [9.17, 15) is 4.79 Å². The third kappa shape index (κ3) is 2.73. The van der Waals surface area contributed by atoms with Crippen LogP contribution in [0.25, 0.3) is 10.2 Å². The van der Waals surface area contributed by atoms with E-state index in [-0.39, 0.29) is 5.91 Å². The summed E-state index contributed by atoms with van der Waals surface area (Å²) in [5, 5.41) is 1.06. The molecule has 4 rings (SSSR count). The van der Waals surface area contributed by atoms with Crippen molar-refractivity contribution in [2.75, 3.05) is 5.43 Å². The molecule has 0 spiro atoms. The number of aromatic nitrogens is 2. The Hall–Kier alpha value is -2.47. The molecule has 0 fully saturated rings. The number of hydrazine groups is 1. The van der Waals surface area contributed by atoms with Crippen molar-refractivity contribution in [3.63, 3.8) is 0 Å². The van der Waals surface area contributed by atoms with Crippen molar-refractivity contribution in [2.45, 2.75) is 32.6 Å². The summed E-state index contributed by atoms with van der Waals surface area (Å²) in [6.07, 6.45) is 6.16. The molecule has 6 heteroatoms. The number of hydrogen-bond acceptors (Lipinski definition) is 5. The second-order valence-corrected chi connectivity index (χ2v) is 7.14. The van der Waals surface area contributed by atoms with Crippen LogP contribution in [-0.4, -0.2) is 15.9 Å². The topological polar surface area (TPSA) is 66.9 Å². The van der Waals surface area contributed by atoms with Crippen LogP contribution in [0.15, 0.2) is 30.6 Å². The molecule has 24 heavy (non-hydrogen) atoms. The monoisotopic (exact) mass is 338 g/mol. The highest BCUT2D eigenvalue weighted by molar-refractivity contribution is 7.19. The van der Waals surface area contributed by atoms with Gasteiger partial charge in [-0.15, -0.1) is 11.3 Å². The summed E-state index contributed by atoms with van der Waals surface area (Å²) in [6.45, 7) is 2.00. The summed E-state index contributed by atoms with van der Waals surface area (Å²) in [6, 6.07) is 7.48. The van der Waals surface area contributed by atoms with Crippen molar-refractivity contribution in [3.05, 3.63) is 52.2 Å². The van der Waals surface area contributed by atoms with Gasteiger partial charge in [-0.1, -0.05) is 17.7 Å². The molecule has 0 unspecified atom stereocenters. The maximum atomic E-state index is 12.3. The van der Waals surface area contributed by atoms with E-state index >= 15 is 0 Å². The van der Waals surface area contributed by atoms with Gasteiger partial charge in [0.05, 0.1) is 5.39 Å². The van der Waals surface area contributed by atoms with Crippen molar-refractivity contribution in [3.8, 4) is 0 Å². The zero-order chi connectivity index (χ0) is 16.5. The average molecular weight is 338 g/mol. The first kappa shape index (κ1) is 15.1. The number of amides is 1. The fraction of sp³-hybridized carbons (Fsp3) is 0.278. The quantitative estimate of drug-likeness (QED) is 0.716. The van der Waals surface area contributed by atoms with Gasteiger partial charge >= 0.3 is 0 Å². The number of anilines is 1. The molecule has 1 aliphatic carbocycles. The van der Waals surface area contributed by atoms with Crippen LogP contribution in [-0.2, 0) is 12.8 Å². The van der Waals surface area contributed by atoms with Gasteiger partial charge in [0, 0.05) is 10.4 Å². The molecule has 0 saturated heterocycles. The average Bonchev–Trinajstić information content (AvgIpc) is 2.99. The van der Waals surface area contributed by atoms with Gasteiger partial charge in [0.2, 0.25) is 0 Å². The first-order valence-electron chi connectivity index (χ1n) is 8.10. The summed E-state index contributed by atoms with van der Waals surface area (Å²) >= 11 is 1.74. The molecule has 0 bridgehead atoms. The molecule has 0 aliphatic heterocycles. The second kappa shape index (κ2) is 6.20. The number of rotatable bonds is 3. The number of benzene rings is 1. The molecule has 1 aromatic carbocycles. The van der Waals surface area contributed by atoms with Crippen LogP contribution in [0, 0.1) is 6.92 Å². The lowest BCUT2D eigenvalue weighted by atomic mass is 9.97. The lowest BCUT2D eigenvalue weighted by molar-refractivity contribution is 0.0962. The summed E-state index contributed by atoms with van der Waals surface area (Å²) in [5.74, 6) is 0.505. The van der Waals surface area contributed by atoms with Gasteiger partial charge in [-0.25, -0.2) is 9.97 Å². The Balaban J connectivity index is 1.59. The van der Waals surface area contributed by atoms with Crippen molar-refractivity contribution in [1.29, 1.82) is 0 Å². The van der Waals surface area contributed by atoms with Crippen molar-refractivity contribution in [2.24, 2.45) is 0 Å². The highest BCUT2D eigenvalue weighted by Gasteiger charge is 2.20. The Kier molecular flexibility index (Phi) is 3.90. The van der Waals surface area contributed by atoms with Crippen molar-refractivity contribution < 1.29 is 4.79 Å². The summed E-state index contributed by atoms with van der Waals surface area (Å²) in [4.78, 5) is 23.4. The van der Waals surface area contributed by atoms with E-state index in [0.717, 1.165) is 28.6 Å².